The fourth-order valence-electron chi connectivity index (χ4n) is 2.66. The first-order valence-electron chi connectivity index (χ1n) is 7.00. The molecule has 0 unspecified atom stereocenters. The molecule has 0 aromatic heterocycles. The molecule has 1 aromatic carbocycles. The van der Waals surface area contributed by atoms with Gasteiger partial charge >= 0.3 is 0 Å². The summed E-state index contributed by atoms with van der Waals surface area (Å²) in [5.41, 5.74) is 12.1. The molecule has 7 heteroatoms. The molecule has 0 radical (unpaired) electrons. The van der Waals surface area contributed by atoms with Gasteiger partial charge in [0.2, 0.25) is 15.9 Å². The van der Waals surface area contributed by atoms with E-state index in [0.717, 1.165) is 0 Å². The van der Waals surface area contributed by atoms with Crippen LogP contribution in [0.2, 0.25) is 0 Å². The molecule has 21 heavy (non-hydrogen) atoms. The van der Waals surface area contributed by atoms with Crippen molar-refractivity contribution < 1.29 is 13.2 Å². The summed E-state index contributed by atoms with van der Waals surface area (Å²) in [7, 11) is -3.44. The highest BCUT2D eigenvalue weighted by Gasteiger charge is 2.27. The zero-order valence-electron chi connectivity index (χ0n) is 11.8. The third-order valence-electron chi connectivity index (χ3n) is 3.88. The van der Waals surface area contributed by atoms with Crippen LogP contribution in [-0.4, -0.2) is 20.4 Å². The number of nitrogen functional groups attached to an aromatic ring is 1. The second-order valence-electron chi connectivity index (χ2n) is 5.53. The number of primary amides is 1. The predicted molar refractivity (Wildman–Crippen MR) is 81.6 cm³/mol. The van der Waals surface area contributed by atoms with Crippen LogP contribution >= 0.6 is 0 Å². The van der Waals surface area contributed by atoms with Gasteiger partial charge in [-0.05, 0) is 37.3 Å². The molecule has 1 aliphatic carbocycles. The molecule has 6 nitrogen and oxygen atoms in total. The smallest absolute Gasteiger partial charge is 0.220 e. The second kappa shape index (κ2) is 6.44. The van der Waals surface area contributed by atoms with Gasteiger partial charge in [-0.25, -0.2) is 13.1 Å². The van der Waals surface area contributed by atoms with Gasteiger partial charge in [-0.1, -0.05) is 18.2 Å². The lowest BCUT2D eigenvalue weighted by Gasteiger charge is -2.27. The lowest BCUT2D eigenvalue weighted by Crippen LogP contribution is -2.40. The van der Waals surface area contributed by atoms with Crippen molar-refractivity contribution in [2.45, 2.75) is 37.5 Å². The minimum absolute atomic E-state index is 0.129. The molecule has 1 saturated carbocycles. The molecule has 0 bridgehead atoms. The molecule has 2 rings (SSSR count). The number of benzene rings is 1. The lowest BCUT2D eigenvalue weighted by molar-refractivity contribution is -0.122. The Morgan fingerprint density at radius 3 is 2.38 bits per heavy atom. The molecular formula is C14H21N3O3S. The first-order valence-corrected chi connectivity index (χ1v) is 8.65. The van der Waals surface area contributed by atoms with Crippen LogP contribution in [0.25, 0.3) is 0 Å². The number of hydrogen-bond acceptors (Lipinski definition) is 4. The number of rotatable bonds is 5. The van der Waals surface area contributed by atoms with Gasteiger partial charge in [-0.15, -0.1) is 0 Å². The molecule has 1 amide bonds. The van der Waals surface area contributed by atoms with Crippen LogP contribution in [-0.2, 0) is 20.6 Å². The van der Waals surface area contributed by atoms with E-state index < -0.39 is 10.0 Å². The van der Waals surface area contributed by atoms with Crippen molar-refractivity contribution in [1.82, 2.24) is 4.72 Å². The van der Waals surface area contributed by atoms with Crippen LogP contribution < -0.4 is 16.2 Å². The first-order chi connectivity index (χ1) is 9.87. The van der Waals surface area contributed by atoms with Gasteiger partial charge in [0.15, 0.2) is 0 Å². The highest BCUT2D eigenvalue weighted by molar-refractivity contribution is 7.88. The van der Waals surface area contributed by atoms with E-state index in [0.29, 0.717) is 36.9 Å². The Hall–Kier alpha value is -1.60. The van der Waals surface area contributed by atoms with E-state index in [1.54, 1.807) is 24.3 Å². The molecule has 0 heterocycles. The SMILES string of the molecule is NC(=O)C1CCC(NS(=O)(=O)Cc2ccccc2N)CC1. The molecule has 0 aliphatic heterocycles. The number of nitrogens with two attached hydrogens (primary N) is 2. The average molecular weight is 311 g/mol. The molecule has 5 N–H and O–H groups in total. The Labute approximate surface area is 124 Å². The van der Waals surface area contributed by atoms with Crippen molar-refractivity contribution in [1.29, 1.82) is 0 Å². The Kier molecular flexibility index (Phi) is 4.84. The molecule has 116 valence electrons. The number of para-hydroxylation sites is 1. The number of carbonyl (C=O) groups is 1. The fraction of sp³-hybridized carbons (Fsp3) is 0.500. The van der Waals surface area contributed by atoms with E-state index in [2.05, 4.69) is 4.72 Å². The number of anilines is 1. The summed E-state index contributed by atoms with van der Waals surface area (Å²) in [6, 6.07) is 6.79. The highest BCUT2D eigenvalue weighted by atomic mass is 32.2. The summed E-state index contributed by atoms with van der Waals surface area (Å²) in [6.45, 7) is 0. The van der Waals surface area contributed by atoms with Crippen LogP contribution in [0.4, 0.5) is 5.69 Å². The molecular weight excluding hydrogens is 290 g/mol. The Morgan fingerprint density at radius 1 is 1.19 bits per heavy atom. The van der Waals surface area contributed by atoms with Crippen molar-refractivity contribution in [3.8, 4) is 0 Å². The van der Waals surface area contributed by atoms with Crippen molar-refractivity contribution >= 4 is 21.6 Å². The van der Waals surface area contributed by atoms with Crippen molar-refractivity contribution in [3.63, 3.8) is 0 Å². The zero-order chi connectivity index (χ0) is 15.5. The fourth-order valence-corrected chi connectivity index (χ4v) is 4.16. The van der Waals surface area contributed by atoms with Gasteiger partial charge in [-0.2, -0.15) is 0 Å². The van der Waals surface area contributed by atoms with Crippen molar-refractivity contribution in [3.05, 3.63) is 29.8 Å². The second-order valence-corrected chi connectivity index (χ2v) is 7.28. The number of nitrogens with one attached hydrogen (secondary N) is 1. The third-order valence-corrected chi connectivity index (χ3v) is 5.26. The van der Waals surface area contributed by atoms with Crippen molar-refractivity contribution in [2.24, 2.45) is 11.7 Å². The van der Waals surface area contributed by atoms with Gasteiger partial charge in [0.05, 0.1) is 5.75 Å². The maximum absolute atomic E-state index is 12.2. The number of sulfonamides is 1. The molecule has 1 aliphatic rings. The molecule has 0 atom stereocenters. The maximum Gasteiger partial charge on any atom is 0.220 e. The molecule has 1 fully saturated rings. The molecule has 0 spiro atoms. The van der Waals surface area contributed by atoms with E-state index in [1.807, 2.05) is 0 Å². The Morgan fingerprint density at radius 2 is 1.81 bits per heavy atom. The Balaban J connectivity index is 1.93. The van der Waals surface area contributed by atoms with E-state index in [4.69, 9.17) is 11.5 Å². The predicted octanol–water partition coefficient (Wildman–Crippen LogP) is 0.732. The van der Waals surface area contributed by atoms with Crippen LogP contribution in [0.3, 0.4) is 0 Å². The largest absolute Gasteiger partial charge is 0.398 e. The number of hydrogen-bond donors (Lipinski definition) is 3. The third kappa shape index (κ3) is 4.44. The van der Waals surface area contributed by atoms with Crippen LogP contribution in [0.5, 0.6) is 0 Å². The summed E-state index contributed by atoms with van der Waals surface area (Å²) in [5, 5.41) is 0. The Bertz CT molecular complexity index is 608. The monoisotopic (exact) mass is 311 g/mol. The van der Waals surface area contributed by atoms with Gasteiger partial charge in [0.25, 0.3) is 0 Å². The molecule has 0 saturated heterocycles. The standard InChI is InChI=1S/C14H21N3O3S/c15-13-4-2-1-3-11(13)9-21(19,20)17-12-7-5-10(6-8-12)14(16)18/h1-4,10,12,17H,5-9,15H2,(H2,16,18). The summed E-state index contributed by atoms with van der Waals surface area (Å²) < 4.78 is 27.0. The van der Waals surface area contributed by atoms with Gasteiger partial charge in [0.1, 0.15) is 0 Å². The van der Waals surface area contributed by atoms with E-state index in [1.165, 1.54) is 0 Å². The van der Waals surface area contributed by atoms with E-state index in [9.17, 15) is 13.2 Å². The minimum atomic E-state index is -3.44. The van der Waals surface area contributed by atoms with Crippen LogP contribution in [0.15, 0.2) is 24.3 Å². The van der Waals surface area contributed by atoms with E-state index in [-0.39, 0.29) is 23.6 Å². The zero-order valence-corrected chi connectivity index (χ0v) is 12.6. The summed E-state index contributed by atoms with van der Waals surface area (Å²) in [5.74, 6) is -0.556. The maximum atomic E-state index is 12.2. The number of amides is 1. The lowest BCUT2D eigenvalue weighted by atomic mass is 9.86. The van der Waals surface area contributed by atoms with Crippen molar-refractivity contribution in [2.75, 3.05) is 5.73 Å². The quantitative estimate of drug-likeness (QED) is 0.695. The van der Waals surface area contributed by atoms with Gasteiger partial charge in [0, 0.05) is 17.6 Å². The summed E-state index contributed by atoms with van der Waals surface area (Å²) >= 11 is 0. The van der Waals surface area contributed by atoms with Gasteiger partial charge in [-0.3, -0.25) is 4.79 Å². The highest BCUT2D eigenvalue weighted by Crippen LogP contribution is 2.25. The van der Waals surface area contributed by atoms with Crippen LogP contribution in [0.1, 0.15) is 31.2 Å². The average Bonchev–Trinajstić information content (AvgIpc) is 2.41. The number of carbonyl (C=O) groups excluding carboxylic acids is 1. The minimum Gasteiger partial charge on any atom is -0.398 e. The molecule has 1 aromatic rings. The normalized spacial score (nSPS) is 22.9. The van der Waals surface area contributed by atoms with Gasteiger partial charge < -0.3 is 11.5 Å². The summed E-state index contributed by atoms with van der Waals surface area (Å²) in [4.78, 5) is 11.1. The van der Waals surface area contributed by atoms with Crippen LogP contribution in [0, 0.1) is 5.92 Å². The van der Waals surface area contributed by atoms with E-state index >= 15 is 0 Å². The first kappa shape index (κ1) is 15.8. The summed E-state index contributed by atoms with van der Waals surface area (Å²) in [6.07, 6.45) is 2.54. The topological polar surface area (TPSA) is 115 Å².